The Morgan fingerprint density at radius 3 is 2.68 bits per heavy atom. The van der Waals surface area contributed by atoms with E-state index in [0.29, 0.717) is 5.11 Å². The van der Waals surface area contributed by atoms with Gasteiger partial charge in [-0.15, -0.1) is 0 Å². The van der Waals surface area contributed by atoms with Gasteiger partial charge in [-0.2, -0.15) is 0 Å². The molecule has 2 saturated heterocycles. The molecule has 0 bridgehead atoms. The van der Waals surface area contributed by atoms with Crippen molar-refractivity contribution in [3.05, 3.63) is 54.4 Å². The minimum Gasteiger partial charge on any atom is -0.374 e. The highest BCUT2D eigenvalue weighted by Gasteiger charge is 2.24. The zero-order valence-electron chi connectivity index (χ0n) is 17.2. The lowest BCUT2D eigenvalue weighted by molar-refractivity contribution is 0.310. The summed E-state index contributed by atoms with van der Waals surface area (Å²) < 4.78 is 0. The van der Waals surface area contributed by atoms with Crippen LogP contribution in [-0.2, 0) is 6.42 Å². The molecule has 1 aromatic rings. The van der Waals surface area contributed by atoms with Gasteiger partial charge in [-0.05, 0) is 68.4 Å². The summed E-state index contributed by atoms with van der Waals surface area (Å²) in [5.74, 6) is 0. The zero-order valence-corrected chi connectivity index (χ0v) is 18.0. The molecule has 2 fully saturated rings. The second-order valence-corrected chi connectivity index (χ2v) is 8.28. The van der Waals surface area contributed by atoms with Gasteiger partial charge in [0, 0.05) is 36.7 Å². The number of nitrogens with zero attached hydrogens (tertiary/aromatic N) is 2. The van der Waals surface area contributed by atoms with Gasteiger partial charge < -0.3 is 20.4 Å². The van der Waals surface area contributed by atoms with Crippen LogP contribution in [0.15, 0.2) is 48.8 Å². The van der Waals surface area contributed by atoms with E-state index in [4.69, 9.17) is 12.2 Å². The average molecular weight is 399 g/mol. The van der Waals surface area contributed by atoms with Crippen molar-refractivity contribution in [1.82, 2.24) is 15.1 Å². The van der Waals surface area contributed by atoms with E-state index in [-0.39, 0.29) is 6.04 Å². The van der Waals surface area contributed by atoms with Crippen LogP contribution in [0.2, 0.25) is 0 Å². The first kappa shape index (κ1) is 20.7. The number of likely N-dealkylation sites (tertiary alicyclic amines) is 2. The summed E-state index contributed by atoms with van der Waals surface area (Å²) in [5, 5.41) is 7.51. The first-order chi connectivity index (χ1) is 13.6. The minimum atomic E-state index is 0.170. The van der Waals surface area contributed by atoms with Crippen molar-refractivity contribution in [2.24, 2.45) is 0 Å². The smallest absolute Gasteiger partial charge is 0.171 e. The molecule has 3 rings (SSSR count). The Morgan fingerprint density at radius 1 is 1.18 bits per heavy atom. The Bertz CT molecular complexity index is 708. The Kier molecular flexibility index (Phi) is 7.37. The van der Waals surface area contributed by atoms with E-state index in [1.165, 1.54) is 36.9 Å². The Labute approximate surface area is 175 Å². The van der Waals surface area contributed by atoms with E-state index in [2.05, 4.69) is 64.8 Å². The molecule has 0 spiro atoms. The molecule has 2 heterocycles. The van der Waals surface area contributed by atoms with Crippen LogP contribution >= 0.6 is 12.2 Å². The second kappa shape index (κ2) is 9.97. The summed E-state index contributed by atoms with van der Waals surface area (Å²) in [4.78, 5) is 4.82. The van der Waals surface area contributed by atoms with E-state index in [0.717, 1.165) is 50.4 Å². The lowest BCUT2D eigenvalue weighted by Gasteiger charge is -2.33. The molecule has 152 valence electrons. The van der Waals surface area contributed by atoms with Gasteiger partial charge >= 0.3 is 0 Å². The van der Waals surface area contributed by atoms with Crippen molar-refractivity contribution in [1.29, 1.82) is 0 Å². The van der Waals surface area contributed by atoms with Crippen LogP contribution in [0, 0.1) is 0 Å². The highest BCUT2D eigenvalue weighted by Crippen LogP contribution is 2.23. The quantitative estimate of drug-likeness (QED) is 0.689. The molecule has 0 aliphatic carbocycles. The van der Waals surface area contributed by atoms with Crippen LogP contribution < -0.4 is 10.6 Å². The summed E-state index contributed by atoms with van der Waals surface area (Å²) >= 11 is 5.60. The van der Waals surface area contributed by atoms with Gasteiger partial charge in [0.05, 0.1) is 12.6 Å². The lowest BCUT2D eigenvalue weighted by Crippen LogP contribution is -2.43. The van der Waals surface area contributed by atoms with Crippen molar-refractivity contribution < 1.29 is 0 Å². The predicted octanol–water partition coefficient (Wildman–Crippen LogP) is 4.51. The maximum Gasteiger partial charge on any atom is 0.171 e. The van der Waals surface area contributed by atoms with Gasteiger partial charge in [-0.3, -0.25) is 0 Å². The maximum atomic E-state index is 5.60. The summed E-state index contributed by atoms with van der Waals surface area (Å²) in [7, 11) is 0. The molecule has 0 aromatic heterocycles. The zero-order chi connectivity index (χ0) is 19.9. The molecule has 0 radical (unpaired) electrons. The fourth-order valence-corrected chi connectivity index (χ4v) is 4.33. The lowest BCUT2D eigenvalue weighted by atomic mass is 10.1. The standard InChI is InChI=1S/C23H34N4S/c1-4-20-10-9-11-21(16-20)24-23(28)25-22-12-5-6-15-27(19(22)3)17-18(2)26-13-7-8-14-26/h9-11,16,22H,2-8,12-15,17H2,1H3,(H2,24,25,28)/t22-/m0/s1. The van der Waals surface area contributed by atoms with E-state index in [9.17, 15) is 0 Å². The van der Waals surface area contributed by atoms with Gasteiger partial charge in [-0.25, -0.2) is 0 Å². The number of thiocarbonyl (C=S) groups is 1. The third kappa shape index (κ3) is 5.51. The van der Waals surface area contributed by atoms with Crippen LogP contribution in [0.1, 0.15) is 44.6 Å². The molecular weight excluding hydrogens is 364 g/mol. The normalized spacial score (nSPS) is 20.0. The number of hydrogen-bond donors (Lipinski definition) is 2. The van der Waals surface area contributed by atoms with Crippen molar-refractivity contribution >= 4 is 23.0 Å². The molecular formula is C23H34N4S. The summed E-state index contributed by atoms with van der Waals surface area (Å²) in [6.45, 7) is 15.1. The molecule has 5 heteroatoms. The highest BCUT2D eigenvalue weighted by atomic mass is 32.1. The molecule has 4 nitrogen and oxygen atoms in total. The fraction of sp³-hybridized carbons (Fsp3) is 0.522. The predicted molar refractivity (Wildman–Crippen MR) is 123 cm³/mol. The number of aryl methyl sites for hydroxylation is 1. The molecule has 0 unspecified atom stereocenters. The van der Waals surface area contributed by atoms with Crippen LogP contribution in [0.4, 0.5) is 5.69 Å². The molecule has 0 amide bonds. The minimum absolute atomic E-state index is 0.170. The molecule has 0 saturated carbocycles. The van der Waals surface area contributed by atoms with E-state index >= 15 is 0 Å². The van der Waals surface area contributed by atoms with Crippen molar-refractivity contribution in [3.63, 3.8) is 0 Å². The van der Waals surface area contributed by atoms with E-state index < -0.39 is 0 Å². The highest BCUT2D eigenvalue weighted by molar-refractivity contribution is 7.80. The Balaban J connectivity index is 1.57. The molecule has 1 aromatic carbocycles. The molecule has 2 aliphatic rings. The first-order valence-corrected chi connectivity index (χ1v) is 11.0. The molecule has 1 atom stereocenters. The molecule has 2 N–H and O–H groups in total. The Hall–Kier alpha value is -2.01. The number of hydrogen-bond acceptors (Lipinski definition) is 3. The van der Waals surface area contributed by atoms with Gasteiger partial charge in [0.15, 0.2) is 5.11 Å². The van der Waals surface area contributed by atoms with Gasteiger partial charge in [0.2, 0.25) is 0 Å². The largest absolute Gasteiger partial charge is 0.374 e. The summed E-state index contributed by atoms with van der Waals surface area (Å²) in [6, 6.07) is 8.59. The van der Waals surface area contributed by atoms with Crippen LogP contribution in [0.25, 0.3) is 0 Å². The monoisotopic (exact) mass is 398 g/mol. The number of benzene rings is 1. The number of nitrogens with one attached hydrogen (secondary N) is 2. The molecule has 2 aliphatic heterocycles. The topological polar surface area (TPSA) is 30.5 Å². The van der Waals surface area contributed by atoms with Crippen molar-refractivity contribution in [2.75, 3.05) is 31.5 Å². The fourth-order valence-electron chi connectivity index (χ4n) is 4.07. The SMILES string of the molecule is C=C(CN1CCCC[C@H](NC(=S)Nc2cccc(CC)c2)C1=C)N1CCCC1. The second-order valence-electron chi connectivity index (χ2n) is 7.87. The third-order valence-corrected chi connectivity index (χ3v) is 6.02. The third-order valence-electron chi connectivity index (χ3n) is 5.80. The summed E-state index contributed by atoms with van der Waals surface area (Å²) in [5.41, 5.74) is 4.69. The number of anilines is 1. The van der Waals surface area contributed by atoms with E-state index in [1.54, 1.807) is 0 Å². The van der Waals surface area contributed by atoms with Crippen molar-refractivity contribution in [3.8, 4) is 0 Å². The van der Waals surface area contributed by atoms with Crippen LogP contribution in [-0.4, -0.2) is 47.1 Å². The van der Waals surface area contributed by atoms with Crippen LogP contribution in [0.5, 0.6) is 0 Å². The number of rotatable bonds is 6. The Morgan fingerprint density at radius 2 is 1.93 bits per heavy atom. The maximum absolute atomic E-state index is 5.60. The average Bonchev–Trinajstić information content (AvgIpc) is 3.18. The van der Waals surface area contributed by atoms with Crippen molar-refractivity contribution in [2.45, 2.75) is 51.5 Å². The van der Waals surface area contributed by atoms with Gasteiger partial charge in [-0.1, -0.05) is 32.2 Å². The first-order valence-electron chi connectivity index (χ1n) is 10.6. The molecule has 28 heavy (non-hydrogen) atoms. The summed E-state index contributed by atoms with van der Waals surface area (Å²) in [6.07, 6.45) is 7.00. The van der Waals surface area contributed by atoms with Crippen LogP contribution in [0.3, 0.4) is 0 Å². The van der Waals surface area contributed by atoms with Gasteiger partial charge in [0.1, 0.15) is 0 Å². The van der Waals surface area contributed by atoms with Gasteiger partial charge in [0.25, 0.3) is 0 Å². The van der Waals surface area contributed by atoms with E-state index in [1.807, 2.05) is 0 Å².